The number of nitrogens with one attached hydrogen (secondary N) is 1. The highest BCUT2D eigenvalue weighted by Crippen LogP contribution is 2.48. The topological polar surface area (TPSA) is 93.1 Å². The predicted octanol–water partition coefficient (Wildman–Crippen LogP) is 1.70. The summed E-state index contributed by atoms with van der Waals surface area (Å²) in [6, 6.07) is 3.03. The van der Waals surface area contributed by atoms with Gasteiger partial charge in [0.15, 0.2) is 5.76 Å². The van der Waals surface area contributed by atoms with Gasteiger partial charge in [-0.1, -0.05) is 12.5 Å². The molecule has 31 heavy (non-hydrogen) atoms. The summed E-state index contributed by atoms with van der Waals surface area (Å²) in [7, 11) is 0. The minimum Gasteiger partial charge on any atom is -0.507 e. The van der Waals surface area contributed by atoms with Crippen molar-refractivity contribution in [3.05, 3.63) is 58.6 Å². The lowest BCUT2D eigenvalue weighted by molar-refractivity contribution is -0.138. The lowest BCUT2D eigenvalue weighted by Gasteiger charge is -2.49. The molecule has 2 saturated heterocycles. The molecule has 7 nitrogen and oxygen atoms in total. The number of rotatable bonds is 3. The third kappa shape index (κ3) is 3.10. The van der Waals surface area contributed by atoms with E-state index in [1.807, 2.05) is 4.90 Å². The van der Waals surface area contributed by atoms with E-state index in [1.54, 1.807) is 4.90 Å². The maximum atomic E-state index is 13.8. The van der Waals surface area contributed by atoms with Crippen molar-refractivity contribution in [1.29, 1.82) is 0 Å². The van der Waals surface area contributed by atoms with Crippen LogP contribution in [0.1, 0.15) is 31.2 Å². The molecule has 4 aliphatic rings. The van der Waals surface area contributed by atoms with Crippen molar-refractivity contribution in [3.8, 4) is 0 Å². The molecular weight excluding hydrogens is 408 g/mol. The van der Waals surface area contributed by atoms with Gasteiger partial charge in [0.25, 0.3) is 11.8 Å². The van der Waals surface area contributed by atoms with Crippen molar-refractivity contribution in [3.63, 3.8) is 0 Å². The Morgan fingerprint density at radius 3 is 2.90 bits per heavy atom. The third-order valence-electron chi connectivity index (χ3n) is 6.94. The Morgan fingerprint density at radius 1 is 1.32 bits per heavy atom. The van der Waals surface area contributed by atoms with E-state index in [-0.39, 0.29) is 34.8 Å². The maximum absolute atomic E-state index is 13.8. The Bertz CT molecular complexity index is 1040. The fraction of sp³-hybridized carbons (Fsp3) is 0.455. The van der Waals surface area contributed by atoms with Crippen LogP contribution in [-0.4, -0.2) is 56.6 Å². The molecule has 1 spiro atoms. The van der Waals surface area contributed by atoms with Gasteiger partial charge in [0, 0.05) is 37.5 Å². The molecule has 0 radical (unpaired) electrons. The zero-order valence-corrected chi connectivity index (χ0v) is 16.8. The van der Waals surface area contributed by atoms with Gasteiger partial charge in [-0.3, -0.25) is 9.59 Å². The summed E-state index contributed by atoms with van der Waals surface area (Å²) < 4.78 is 26.9. The van der Waals surface area contributed by atoms with Gasteiger partial charge in [0.1, 0.15) is 23.4 Å². The van der Waals surface area contributed by atoms with Crippen LogP contribution in [0.2, 0.25) is 0 Å². The van der Waals surface area contributed by atoms with E-state index < -0.39 is 29.4 Å². The van der Waals surface area contributed by atoms with Crippen LogP contribution in [0.25, 0.3) is 0 Å². The quantitative estimate of drug-likeness (QED) is 0.678. The number of nitrogens with zero attached hydrogens (tertiary/aromatic N) is 2. The van der Waals surface area contributed by atoms with Crippen LogP contribution in [0.5, 0.6) is 0 Å². The van der Waals surface area contributed by atoms with Crippen molar-refractivity contribution in [2.24, 2.45) is 5.92 Å². The van der Waals surface area contributed by atoms with Gasteiger partial charge in [-0.05, 0) is 31.2 Å². The van der Waals surface area contributed by atoms with Crippen molar-refractivity contribution in [2.45, 2.75) is 43.9 Å². The number of fused-ring (bicyclic) bond motifs is 2. The van der Waals surface area contributed by atoms with E-state index in [0.29, 0.717) is 19.0 Å². The zero-order chi connectivity index (χ0) is 21.9. The smallest absolute Gasteiger partial charge is 0.274 e. The molecule has 2 amide bonds. The van der Waals surface area contributed by atoms with Crippen LogP contribution < -0.4 is 5.32 Å². The molecule has 3 fully saturated rings. The SMILES string of the molecule is O=C(NCc1ccc(F)cc1F)C1=CN2C[C@@]34CCC[C@@H](CN3C(=O)C2=C(O)C1O)C4. The second-order valence-electron chi connectivity index (χ2n) is 8.87. The first-order chi connectivity index (χ1) is 14.8. The molecule has 3 aliphatic heterocycles. The van der Waals surface area contributed by atoms with E-state index in [1.165, 1.54) is 12.3 Å². The maximum Gasteiger partial charge on any atom is 0.274 e. The van der Waals surface area contributed by atoms with Gasteiger partial charge in [-0.15, -0.1) is 0 Å². The average molecular weight is 431 g/mol. The van der Waals surface area contributed by atoms with E-state index in [9.17, 15) is 28.6 Å². The molecule has 2 bridgehead atoms. The molecular formula is C22H23F2N3O4. The molecule has 1 aromatic carbocycles. The number of carbonyl (C=O) groups is 2. The van der Waals surface area contributed by atoms with Crippen LogP contribution in [0, 0.1) is 17.6 Å². The Hall–Kier alpha value is -2.94. The third-order valence-corrected chi connectivity index (χ3v) is 6.94. The second-order valence-corrected chi connectivity index (χ2v) is 8.87. The zero-order valence-electron chi connectivity index (χ0n) is 16.8. The summed E-state index contributed by atoms with van der Waals surface area (Å²) in [6.45, 7) is 0.884. The molecule has 9 heteroatoms. The number of aliphatic hydroxyl groups excluding tert-OH is 2. The highest BCUT2D eigenvalue weighted by atomic mass is 19.1. The summed E-state index contributed by atoms with van der Waals surface area (Å²) >= 11 is 0. The minimum atomic E-state index is -1.66. The number of halogens is 2. The van der Waals surface area contributed by atoms with Gasteiger partial charge in [0.2, 0.25) is 0 Å². The number of aliphatic hydroxyl groups is 2. The molecule has 3 heterocycles. The van der Waals surface area contributed by atoms with Crippen molar-refractivity contribution >= 4 is 11.8 Å². The Balaban J connectivity index is 1.39. The van der Waals surface area contributed by atoms with E-state index in [2.05, 4.69) is 5.32 Å². The van der Waals surface area contributed by atoms with E-state index >= 15 is 0 Å². The first-order valence-corrected chi connectivity index (χ1v) is 10.4. The van der Waals surface area contributed by atoms with Crippen LogP contribution in [-0.2, 0) is 16.1 Å². The molecule has 1 aromatic rings. The van der Waals surface area contributed by atoms with Gasteiger partial charge in [0.05, 0.1) is 11.1 Å². The highest BCUT2D eigenvalue weighted by Gasteiger charge is 2.56. The number of benzene rings is 1. The van der Waals surface area contributed by atoms with E-state index in [0.717, 1.165) is 37.8 Å². The normalized spacial score (nSPS) is 29.5. The van der Waals surface area contributed by atoms with Gasteiger partial charge in [-0.2, -0.15) is 0 Å². The number of hydrogen-bond donors (Lipinski definition) is 3. The Kier molecular flexibility index (Phi) is 4.55. The Labute approximate surface area is 177 Å². The monoisotopic (exact) mass is 431 g/mol. The molecule has 3 atom stereocenters. The number of carbonyl (C=O) groups excluding carboxylic acids is 2. The number of hydrogen-bond acceptors (Lipinski definition) is 5. The van der Waals surface area contributed by atoms with Crippen molar-refractivity contribution in [1.82, 2.24) is 15.1 Å². The first kappa shape index (κ1) is 20.0. The van der Waals surface area contributed by atoms with Crippen LogP contribution >= 0.6 is 0 Å². The Morgan fingerprint density at radius 2 is 2.13 bits per heavy atom. The largest absolute Gasteiger partial charge is 0.507 e. The van der Waals surface area contributed by atoms with E-state index in [4.69, 9.17) is 0 Å². The number of amides is 2. The summed E-state index contributed by atoms with van der Waals surface area (Å²) in [4.78, 5) is 29.3. The first-order valence-electron chi connectivity index (χ1n) is 10.4. The van der Waals surface area contributed by atoms with Crippen LogP contribution in [0.3, 0.4) is 0 Å². The van der Waals surface area contributed by atoms with Gasteiger partial charge in [-0.25, -0.2) is 8.78 Å². The summed E-state index contributed by atoms with van der Waals surface area (Å²) in [6.07, 6.45) is 3.59. The van der Waals surface area contributed by atoms with Crippen LogP contribution in [0.4, 0.5) is 8.78 Å². The molecule has 5 rings (SSSR count). The fourth-order valence-corrected chi connectivity index (χ4v) is 5.50. The lowest BCUT2D eigenvalue weighted by atomic mass is 9.78. The average Bonchev–Trinajstić information content (AvgIpc) is 2.99. The van der Waals surface area contributed by atoms with Crippen molar-refractivity contribution in [2.75, 3.05) is 13.1 Å². The lowest BCUT2D eigenvalue weighted by Crippen LogP contribution is -2.61. The molecule has 164 valence electrons. The molecule has 3 N–H and O–H groups in total. The summed E-state index contributed by atoms with van der Waals surface area (Å²) in [5.74, 6) is -2.66. The van der Waals surface area contributed by atoms with Crippen LogP contribution in [0.15, 0.2) is 41.4 Å². The predicted molar refractivity (Wildman–Crippen MR) is 105 cm³/mol. The van der Waals surface area contributed by atoms with Gasteiger partial charge < -0.3 is 25.3 Å². The summed E-state index contributed by atoms with van der Waals surface area (Å²) in [5.41, 5.74) is -0.358. The molecule has 1 saturated carbocycles. The molecule has 0 aromatic heterocycles. The van der Waals surface area contributed by atoms with Crippen molar-refractivity contribution < 1.29 is 28.6 Å². The van der Waals surface area contributed by atoms with Gasteiger partial charge >= 0.3 is 0 Å². The minimum absolute atomic E-state index is 0.00630. The fourth-order valence-electron chi connectivity index (χ4n) is 5.50. The second kappa shape index (κ2) is 7.05. The molecule has 1 unspecified atom stereocenters. The standard InChI is InChI=1S/C22H23F2N3O4/c23-14-4-3-13(16(24)6-14)8-25-20(30)15-10-26-11-22-5-1-2-12(7-22)9-27(22)21(31)17(26)19(29)18(15)28/h3-4,6,10,12,18,28-29H,1-2,5,7-9,11H2,(H,25,30)/t12-,18?,22+/m1/s1. The highest BCUT2D eigenvalue weighted by molar-refractivity contribution is 5.99. The number of piperazine rings is 1. The molecule has 1 aliphatic carbocycles. The summed E-state index contributed by atoms with van der Waals surface area (Å²) in [5, 5.41) is 23.6.